The molecule has 0 bridgehead atoms. The van der Waals surface area contributed by atoms with E-state index in [0.29, 0.717) is 24.5 Å². The fraction of sp³-hybridized carbons (Fsp3) is 0.133. The Kier molecular flexibility index (Phi) is 5.01. The predicted molar refractivity (Wildman–Crippen MR) is 82.6 cm³/mol. The van der Waals surface area contributed by atoms with E-state index in [4.69, 9.17) is 20.6 Å². The van der Waals surface area contributed by atoms with E-state index in [1.54, 1.807) is 12.1 Å². The Labute approximate surface area is 126 Å². The van der Waals surface area contributed by atoms with E-state index in [-0.39, 0.29) is 5.84 Å². The molecule has 2 aromatic carbocycles. The van der Waals surface area contributed by atoms with E-state index < -0.39 is 0 Å². The summed E-state index contributed by atoms with van der Waals surface area (Å²) < 4.78 is 12.0. The monoisotopic (exact) mass is 334 g/mol. The highest BCUT2D eigenvalue weighted by Gasteiger charge is 2.07. The third-order valence-electron chi connectivity index (χ3n) is 2.58. The van der Waals surface area contributed by atoms with E-state index in [2.05, 4.69) is 15.9 Å². The van der Waals surface area contributed by atoms with Gasteiger partial charge in [0.1, 0.15) is 30.5 Å². The van der Waals surface area contributed by atoms with Gasteiger partial charge in [0.05, 0.1) is 5.56 Å². The first-order valence-electron chi connectivity index (χ1n) is 6.11. The smallest absolute Gasteiger partial charge is 0.130 e. The van der Waals surface area contributed by atoms with Crippen molar-refractivity contribution in [2.45, 2.75) is 0 Å². The first kappa shape index (κ1) is 14.4. The van der Waals surface area contributed by atoms with Gasteiger partial charge in [-0.1, -0.05) is 34.1 Å². The van der Waals surface area contributed by atoms with Crippen molar-refractivity contribution < 1.29 is 9.47 Å². The number of rotatable bonds is 6. The Hall–Kier alpha value is -2.01. The standard InChI is InChI=1S/C15H15BrN2O2/c16-11-6-7-14(13(10-11)15(17)18)20-9-8-19-12-4-2-1-3-5-12/h1-7,10H,8-9H2,(H3,17,18). The number of nitrogen functional groups attached to an aromatic ring is 1. The first-order chi connectivity index (χ1) is 9.66. The normalized spacial score (nSPS) is 10.1. The second-order valence-electron chi connectivity index (χ2n) is 4.06. The largest absolute Gasteiger partial charge is 0.490 e. The molecule has 0 unspecified atom stereocenters. The zero-order valence-electron chi connectivity index (χ0n) is 10.8. The van der Waals surface area contributed by atoms with Gasteiger partial charge in [-0.15, -0.1) is 0 Å². The summed E-state index contributed by atoms with van der Waals surface area (Å²) in [5.41, 5.74) is 6.10. The molecule has 0 amide bonds. The molecule has 0 aromatic heterocycles. The summed E-state index contributed by atoms with van der Waals surface area (Å²) >= 11 is 3.34. The molecular formula is C15H15BrN2O2. The summed E-state index contributed by atoms with van der Waals surface area (Å²) in [5.74, 6) is 1.36. The number of amidine groups is 1. The topological polar surface area (TPSA) is 68.3 Å². The van der Waals surface area contributed by atoms with Crippen LogP contribution >= 0.6 is 15.9 Å². The van der Waals surface area contributed by atoms with E-state index >= 15 is 0 Å². The summed E-state index contributed by atoms with van der Waals surface area (Å²) in [5, 5.41) is 7.53. The maximum atomic E-state index is 7.53. The van der Waals surface area contributed by atoms with Gasteiger partial charge in [0.25, 0.3) is 0 Å². The highest BCUT2D eigenvalue weighted by atomic mass is 79.9. The Morgan fingerprint density at radius 1 is 1.05 bits per heavy atom. The molecule has 0 atom stereocenters. The van der Waals surface area contributed by atoms with Crippen LogP contribution in [0.3, 0.4) is 0 Å². The van der Waals surface area contributed by atoms with Crippen molar-refractivity contribution in [2.24, 2.45) is 5.73 Å². The molecule has 0 saturated heterocycles. The summed E-state index contributed by atoms with van der Waals surface area (Å²) in [7, 11) is 0. The van der Waals surface area contributed by atoms with Gasteiger partial charge in [-0.05, 0) is 30.3 Å². The van der Waals surface area contributed by atoms with Gasteiger partial charge in [-0.2, -0.15) is 0 Å². The molecule has 0 radical (unpaired) electrons. The number of benzene rings is 2. The zero-order valence-corrected chi connectivity index (χ0v) is 12.4. The Morgan fingerprint density at radius 2 is 1.75 bits per heavy atom. The van der Waals surface area contributed by atoms with Crippen molar-refractivity contribution in [2.75, 3.05) is 13.2 Å². The van der Waals surface area contributed by atoms with Crippen molar-refractivity contribution in [3.8, 4) is 11.5 Å². The molecule has 0 fully saturated rings. The molecule has 0 aliphatic carbocycles. The number of hydrogen-bond acceptors (Lipinski definition) is 3. The van der Waals surface area contributed by atoms with Gasteiger partial charge < -0.3 is 15.2 Å². The number of hydrogen-bond donors (Lipinski definition) is 2. The van der Waals surface area contributed by atoms with Crippen LogP contribution in [-0.2, 0) is 0 Å². The van der Waals surface area contributed by atoms with Crippen LogP contribution in [0.2, 0.25) is 0 Å². The third kappa shape index (κ3) is 3.99. The van der Waals surface area contributed by atoms with Gasteiger partial charge in [0.2, 0.25) is 0 Å². The summed E-state index contributed by atoms with van der Waals surface area (Å²) in [6, 6.07) is 14.9. The van der Waals surface area contributed by atoms with Crippen LogP contribution in [0.5, 0.6) is 11.5 Å². The lowest BCUT2D eigenvalue weighted by molar-refractivity contribution is 0.217. The highest BCUT2D eigenvalue weighted by Crippen LogP contribution is 2.22. The maximum absolute atomic E-state index is 7.53. The molecule has 0 heterocycles. The number of para-hydroxylation sites is 1. The van der Waals surface area contributed by atoms with Gasteiger partial charge in [0.15, 0.2) is 0 Å². The molecule has 4 nitrogen and oxygen atoms in total. The quantitative estimate of drug-likeness (QED) is 0.484. The van der Waals surface area contributed by atoms with Crippen molar-refractivity contribution >= 4 is 21.8 Å². The number of ether oxygens (including phenoxy) is 2. The van der Waals surface area contributed by atoms with Gasteiger partial charge in [-0.3, -0.25) is 5.41 Å². The summed E-state index contributed by atoms with van der Waals surface area (Å²) in [6.45, 7) is 0.814. The van der Waals surface area contributed by atoms with E-state index in [0.717, 1.165) is 10.2 Å². The maximum Gasteiger partial charge on any atom is 0.130 e. The van der Waals surface area contributed by atoms with E-state index in [9.17, 15) is 0 Å². The predicted octanol–water partition coefficient (Wildman–Crippen LogP) is 3.19. The van der Waals surface area contributed by atoms with Crippen LogP contribution in [0.1, 0.15) is 5.56 Å². The van der Waals surface area contributed by atoms with Crippen molar-refractivity contribution in [1.29, 1.82) is 5.41 Å². The van der Waals surface area contributed by atoms with E-state index in [1.165, 1.54) is 0 Å². The SMILES string of the molecule is N=C(N)c1cc(Br)ccc1OCCOc1ccccc1. The van der Waals surface area contributed by atoms with Crippen molar-refractivity contribution in [1.82, 2.24) is 0 Å². The molecule has 20 heavy (non-hydrogen) atoms. The molecule has 5 heteroatoms. The van der Waals surface area contributed by atoms with Crippen molar-refractivity contribution in [3.63, 3.8) is 0 Å². The summed E-state index contributed by atoms with van der Waals surface area (Å²) in [6.07, 6.45) is 0. The third-order valence-corrected chi connectivity index (χ3v) is 3.08. The number of halogens is 1. The molecule has 3 N–H and O–H groups in total. The first-order valence-corrected chi connectivity index (χ1v) is 6.90. The zero-order chi connectivity index (χ0) is 14.4. The molecule has 2 aromatic rings. The second-order valence-corrected chi connectivity index (χ2v) is 4.98. The fourth-order valence-electron chi connectivity index (χ4n) is 1.67. The minimum atomic E-state index is -0.0229. The van der Waals surface area contributed by atoms with Gasteiger partial charge in [0, 0.05) is 4.47 Å². The number of nitrogens with one attached hydrogen (secondary N) is 1. The second kappa shape index (κ2) is 6.96. The average molecular weight is 335 g/mol. The molecular weight excluding hydrogens is 320 g/mol. The molecule has 0 aliphatic rings. The minimum absolute atomic E-state index is 0.0229. The molecule has 0 aliphatic heterocycles. The Balaban J connectivity index is 1.90. The average Bonchev–Trinajstić information content (AvgIpc) is 2.45. The van der Waals surface area contributed by atoms with Crippen LogP contribution in [0.4, 0.5) is 0 Å². The molecule has 0 spiro atoms. The summed E-state index contributed by atoms with van der Waals surface area (Å²) in [4.78, 5) is 0. The Morgan fingerprint density at radius 3 is 2.45 bits per heavy atom. The molecule has 2 rings (SSSR count). The number of nitrogens with two attached hydrogens (primary N) is 1. The lowest BCUT2D eigenvalue weighted by Gasteiger charge is -2.11. The van der Waals surface area contributed by atoms with Crippen LogP contribution in [0, 0.1) is 5.41 Å². The minimum Gasteiger partial charge on any atom is -0.490 e. The molecule has 0 saturated carbocycles. The van der Waals surface area contributed by atoms with Crippen LogP contribution in [0.25, 0.3) is 0 Å². The van der Waals surface area contributed by atoms with Gasteiger partial charge >= 0.3 is 0 Å². The molecule has 104 valence electrons. The Bertz CT molecular complexity index is 588. The lowest BCUT2D eigenvalue weighted by atomic mass is 10.2. The fourth-order valence-corrected chi connectivity index (χ4v) is 2.03. The van der Waals surface area contributed by atoms with Crippen LogP contribution in [0.15, 0.2) is 53.0 Å². The lowest BCUT2D eigenvalue weighted by Crippen LogP contribution is -2.15. The van der Waals surface area contributed by atoms with Crippen LogP contribution < -0.4 is 15.2 Å². The van der Waals surface area contributed by atoms with Crippen molar-refractivity contribution in [3.05, 3.63) is 58.6 Å². The van der Waals surface area contributed by atoms with E-state index in [1.807, 2.05) is 36.4 Å². The van der Waals surface area contributed by atoms with Gasteiger partial charge in [-0.25, -0.2) is 0 Å². The van der Waals surface area contributed by atoms with Crippen LogP contribution in [-0.4, -0.2) is 19.0 Å². The highest BCUT2D eigenvalue weighted by molar-refractivity contribution is 9.10.